The Bertz CT molecular complexity index is 232. The highest BCUT2D eigenvalue weighted by atomic mass is 15.2. The highest BCUT2D eigenvalue weighted by Gasteiger charge is 2.18. The molecule has 18 heavy (non-hydrogen) atoms. The van der Waals surface area contributed by atoms with Crippen LogP contribution in [0, 0.1) is 5.92 Å². The van der Waals surface area contributed by atoms with Crippen molar-refractivity contribution in [2.24, 2.45) is 5.92 Å². The molecular weight excluding hydrogens is 222 g/mol. The number of hydrogen-bond donors (Lipinski definition) is 1. The summed E-state index contributed by atoms with van der Waals surface area (Å²) in [4.78, 5) is 5.08. The number of hydrogen-bond acceptors (Lipinski definition) is 3. The van der Waals surface area contributed by atoms with Crippen molar-refractivity contribution in [1.82, 2.24) is 15.1 Å². The summed E-state index contributed by atoms with van der Waals surface area (Å²) in [7, 11) is 2.24. The predicted octanol–water partition coefficient (Wildman–Crippen LogP) is 1.79. The van der Waals surface area contributed by atoms with Crippen LogP contribution in [-0.4, -0.2) is 62.2 Å². The third-order valence-corrected chi connectivity index (χ3v) is 4.61. The van der Waals surface area contributed by atoms with Crippen molar-refractivity contribution in [1.29, 1.82) is 0 Å². The Morgan fingerprint density at radius 1 is 1.06 bits per heavy atom. The highest BCUT2D eigenvalue weighted by Crippen LogP contribution is 2.23. The minimum Gasteiger partial charge on any atom is -0.313 e. The van der Waals surface area contributed by atoms with Gasteiger partial charge in [0, 0.05) is 32.2 Å². The van der Waals surface area contributed by atoms with Crippen LogP contribution in [0.3, 0.4) is 0 Å². The topological polar surface area (TPSA) is 18.5 Å². The fraction of sp³-hybridized carbons (Fsp3) is 1.00. The Morgan fingerprint density at radius 2 is 1.94 bits per heavy atom. The van der Waals surface area contributed by atoms with E-state index in [4.69, 9.17) is 0 Å². The SMILES string of the molecule is CC1CCCC(NCCN2CCCN(C)CC2)C1. The minimum absolute atomic E-state index is 0.795. The molecule has 2 fully saturated rings. The molecule has 2 rings (SSSR count). The molecule has 0 aromatic rings. The monoisotopic (exact) mass is 253 g/mol. The van der Waals surface area contributed by atoms with E-state index >= 15 is 0 Å². The van der Waals surface area contributed by atoms with Crippen LogP contribution >= 0.6 is 0 Å². The molecule has 0 aromatic carbocycles. The molecule has 3 heteroatoms. The lowest BCUT2D eigenvalue weighted by atomic mass is 9.87. The molecule has 3 nitrogen and oxygen atoms in total. The van der Waals surface area contributed by atoms with Gasteiger partial charge in [0.15, 0.2) is 0 Å². The van der Waals surface area contributed by atoms with Gasteiger partial charge in [0.05, 0.1) is 0 Å². The second-order valence-corrected chi connectivity index (χ2v) is 6.42. The van der Waals surface area contributed by atoms with Gasteiger partial charge < -0.3 is 15.1 Å². The van der Waals surface area contributed by atoms with Gasteiger partial charge in [-0.05, 0) is 45.3 Å². The first-order valence-electron chi connectivity index (χ1n) is 7.88. The van der Waals surface area contributed by atoms with Crippen LogP contribution in [0.25, 0.3) is 0 Å². The summed E-state index contributed by atoms with van der Waals surface area (Å²) in [6.45, 7) is 9.86. The zero-order valence-corrected chi connectivity index (χ0v) is 12.3. The number of nitrogens with zero attached hydrogens (tertiary/aromatic N) is 2. The molecule has 106 valence electrons. The number of likely N-dealkylation sites (N-methyl/N-ethyl adjacent to an activating group) is 1. The van der Waals surface area contributed by atoms with Crippen molar-refractivity contribution < 1.29 is 0 Å². The first-order chi connectivity index (χ1) is 8.74. The van der Waals surface area contributed by atoms with Crippen LogP contribution in [-0.2, 0) is 0 Å². The third kappa shape index (κ3) is 4.87. The lowest BCUT2D eigenvalue weighted by Gasteiger charge is -2.29. The molecule has 0 bridgehead atoms. The number of nitrogens with one attached hydrogen (secondary N) is 1. The molecule has 1 aliphatic heterocycles. The van der Waals surface area contributed by atoms with Crippen molar-refractivity contribution in [3.63, 3.8) is 0 Å². The van der Waals surface area contributed by atoms with Gasteiger partial charge in [0.1, 0.15) is 0 Å². The van der Waals surface area contributed by atoms with Crippen molar-refractivity contribution in [3.8, 4) is 0 Å². The van der Waals surface area contributed by atoms with Crippen molar-refractivity contribution in [3.05, 3.63) is 0 Å². The Labute approximate surface area is 113 Å². The van der Waals surface area contributed by atoms with Crippen molar-refractivity contribution in [2.45, 2.75) is 45.1 Å². The van der Waals surface area contributed by atoms with E-state index < -0.39 is 0 Å². The number of rotatable bonds is 4. The first kappa shape index (κ1) is 14.3. The molecule has 1 N–H and O–H groups in total. The van der Waals surface area contributed by atoms with Gasteiger partial charge in [-0.3, -0.25) is 0 Å². The summed E-state index contributed by atoms with van der Waals surface area (Å²) in [5.74, 6) is 0.933. The van der Waals surface area contributed by atoms with E-state index in [1.807, 2.05) is 0 Å². The minimum atomic E-state index is 0.795. The molecule has 2 aliphatic rings. The van der Waals surface area contributed by atoms with Crippen LogP contribution in [0.2, 0.25) is 0 Å². The van der Waals surface area contributed by atoms with Crippen molar-refractivity contribution >= 4 is 0 Å². The maximum atomic E-state index is 3.78. The van der Waals surface area contributed by atoms with Gasteiger partial charge in [0.25, 0.3) is 0 Å². The zero-order valence-electron chi connectivity index (χ0n) is 12.3. The standard InChI is InChI=1S/C15H31N3/c1-14-5-3-6-15(13-14)16-7-10-18-9-4-8-17(2)11-12-18/h14-16H,3-13H2,1-2H3. The fourth-order valence-electron chi connectivity index (χ4n) is 3.37. The van der Waals surface area contributed by atoms with Crippen LogP contribution in [0.4, 0.5) is 0 Å². The summed E-state index contributed by atoms with van der Waals surface area (Å²) < 4.78 is 0. The Morgan fingerprint density at radius 3 is 2.78 bits per heavy atom. The quantitative estimate of drug-likeness (QED) is 0.824. The molecule has 0 spiro atoms. The van der Waals surface area contributed by atoms with Crippen LogP contribution in [0.1, 0.15) is 39.0 Å². The van der Waals surface area contributed by atoms with E-state index in [0.717, 1.165) is 12.0 Å². The van der Waals surface area contributed by atoms with Crippen molar-refractivity contribution in [2.75, 3.05) is 46.3 Å². The molecule has 1 saturated carbocycles. The van der Waals surface area contributed by atoms with Gasteiger partial charge in [-0.25, -0.2) is 0 Å². The first-order valence-corrected chi connectivity index (χ1v) is 7.88. The molecule has 0 amide bonds. The van der Waals surface area contributed by atoms with Crippen LogP contribution < -0.4 is 5.32 Å². The largest absolute Gasteiger partial charge is 0.313 e. The van der Waals surface area contributed by atoms with E-state index in [9.17, 15) is 0 Å². The van der Waals surface area contributed by atoms with E-state index in [1.54, 1.807) is 0 Å². The van der Waals surface area contributed by atoms with Crippen LogP contribution in [0.15, 0.2) is 0 Å². The summed E-state index contributed by atoms with van der Waals surface area (Å²) in [5.41, 5.74) is 0. The Balaban J connectivity index is 1.59. The fourth-order valence-corrected chi connectivity index (χ4v) is 3.37. The van der Waals surface area contributed by atoms with Gasteiger partial charge >= 0.3 is 0 Å². The third-order valence-electron chi connectivity index (χ3n) is 4.61. The lowest BCUT2D eigenvalue weighted by Crippen LogP contribution is -2.40. The van der Waals surface area contributed by atoms with E-state index in [2.05, 4.69) is 29.1 Å². The zero-order chi connectivity index (χ0) is 12.8. The highest BCUT2D eigenvalue weighted by molar-refractivity contribution is 4.76. The Kier molecular flexibility index (Phi) is 5.93. The molecule has 0 radical (unpaired) electrons. The predicted molar refractivity (Wildman–Crippen MR) is 78.0 cm³/mol. The van der Waals surface area contributed by atoms with Gasteiger partial charge in [0.2, 0.25) is 0 Å². The second-order valence-electron chi connectivity index (χ2n) is 6.42. The molecule has 1 saturated heterocycles. The summed E-state index contributed by atoms with van der Waals surface area (Å²) >= 11 is 0. The van der Waals surface area contributed by atoms with Crippen LogP contribution in [0.5, 0.6) is 0 Å². The van der Waals surface area contributed by atoms with E-state index in [0.29, 0.717) is 0 Å². The summed E-state index contributed by atoms with van der Waals surface area (Å²) in [6, 6.07) is 0.795. The van der Waals surface area contributed by atoms with Gasteiger partial charge in [-0.1, -0.05) is 19.8 Å². The average Bonchev–Trinajstić information content (AvgIpc) is 2.55. The smallest absolute Gasteiger partial charge is 0.0110 e. The van der Waals surface area contributed by atoms with E-state index in [-0.39, 0.29) is 0 Å². The molecular formula is C15H31N3. The summed E-state index contributed by atoms with van der Waals surface area (Å²) in [6.07, 6.45) is 6.98. The van der Waals surface area contributed by atoms with Gasteiger partial charge in [-0.2, -0.15) is 0 Å². The normalized spacial score (nSPS) is 32.3. The molecule has 1 heterocycles. The van der Waals surface area contributed by atoms with E-state index in [1.165, 1.54) is 71.4 Å². The Hall–Kier alpha value is -0.120. The molecule has 1 aliphatic carbocycles. The molecule has 2 atom stereocenters. The maximum absolute atomic E-state index is 3.78. The molecule has 0 aromatic heterocycles. The summed E-state index contributed by atoms with van der Waals surface area (Å²) in [5, 5.41) is 3.78. The lowest BCUT2D eigenvalue weighted by molar-refractivity contribution is 0.254. The maximum Gasteiger partial charge on any atom is 0.0110 e. The average molecular weight is 253 g/mol. The molecule has 2 unspecified atom stereocenters. The van der Waals surface area contributed by atoms with Gasteiger partial charge in [-0.15, -0.1) is 0 Å². The second kappa shape index (κ2) is 7.46.